The van der Waals surface area contributed by atoms with E-state index in [1.807, 2.05) is 31.2 Å². The minimum absolute atomic E-state index is 0.0588. The number of unbranched alkanes of at least 4 members (excludes halogenated alkanes) is 1. The van der Waals surface area contributed by atoms with Crippen LogP contribution in [0.1, 0.15) is 50.7 Å². The molecule has 1 atom stereocenters. The molecule has 34 heavy (non-hydrogen) atoms. The molecular formula is C28H32Cl2N2O2. The van der Waals surface area contributed by atoms with Crippen LogP contribution < -0.4 is 5.32 Å². The van der Waals surface area contributed by atoms with Crippen molar-refractivity contribution < 1.29 is 9.59 Å². The molecule has 3 rings (SSSR count). The molecule has 1 unspecified atom stereocenters. The SMILES string of the molecule is CCCCNC(=O)C(CC)N(Cc1ccc(Cl)c(Cl)c1)C(=O)CCc1cccc2ccccc12. The Balaban J connectivity index is 1.82. The van der Waals surface area contributed by atoms with Crippen LogP contribution in [0.2, 0.25) is 10.0 Å². The van der Waals surface area contributed by atoms with Gasteiger partial charge in [-0.15, -0.1) is 0 Å². The molecule has 0 fully saturated rings. The molecule has 0 heterocycles. The zero-order valence-corrected chi connectivity index (χ0v) is 21.3. The standard InChI is InChI=1S/C28H32Cl2N2O2/c1-3-5-17-31-28(34)26(4-2)32(19-20-13-15-24(29)25(30)18-20)27(33)16-14-22-11-8-10-21-9-6-7-12-23(21)22/h6-13,15,18,26H,3-5,14,16-17,19H2,1-2H3,(H,31,34). The van der Waals surface area contributed by atoms with E-state index in [-0.39, 0.29) is 11.8 Å². The number of rotatable bonds is 11. The molecule has 0 aliphatic rings. The molecule has 2 amide bonds. The molecule has 6 heteroatoms. The predicted molar refractivity (Wildman–Crippen MR) is 141 cm³/mol. The van der Waals surface area contributed by atoms with Gasteiger partial charge < -0.3 is 10.2 Å². The van der Waals surface area contributed by atoms with E-state index in [0.29, 0.717) is 42.4 Å². The lowest BCUT2D eigenvalue weighted by Gasteiger charge is -2.31. The van der Waals surface area contributed by atoms with E-state index >= 15 is 0 Å². The summed E-state index contributed by atoms with van der Waals surface area (Å²) >= 11 is 12.3. The van der Waals surface area contributed by atoms with Gasteiger partial charge in [0.05, 0.1) is 10.0 Å². The molecule has 0 saturated carbocycles. The lowest BCUT2D eigenvalue weighted by molar-refractivity contribution is -0.141. The Kier molecular flexibility index (Phi) is 9.79. The Morgan fingerprint density at radius 1 is 0.971 bits per heavy atom. The summed E-state index contributed by atoms with van der Waals surface area (Å²) in [5, 5.41) is 6.19. The number of amides is 2. The van der Waals surface area contributed by atoms with Crippen molar-refractivity contribution in [3.63, 3.8) is 0 Å². The molecule has 0 aliphatic carbocycles. The third kappa shape index (κ3) is 6.74. The van der Waals surface area contributed by atoms with Gasteiger partial charge in [-0.25, -0.2) is 0 Å². The van der Waals surface area contributed by atoms with Crippen LogP contribution in [0, 0.1) is 0 Å². The van der Waals surface area contributed by atoms with Crippen LogP contribution in [-0.4, -0.2) is 29.3 Å². The van der Waals surface area contributed by atoms with Gasteiger partial charge in [-0.3, -0.25) is 9.59 Å². The summed E-state index contributed by atoms with van der Waals surface area (Å²) in [5.41, 5.74) is 1.97. The molecule has 180 valence electrons. The highest BCUT2D eigenvalue weighted by molar-refractivity contribution is 6.42. The highest BCUT2D eigenvalue weighted by atomic mass is 35.5. The quantitative estimate of drug-likeness (QED) is 0.295. The Labute approximate surface area is 212 Å². The number of hydrogen-bond donors (Lipinski definition) is 1. The van der Waals surface area contributed by atoms with Crippen LogP contribution >= 0.6 is 23.2 Å². The Morgan fingerprint density at radius 2 is 1.74 bits per heavy atom. The normalized spacial score (nSPS) is 11.9. The van der Waals surface area contributed by atoms with E-state index in [2.05, 4.69) is 36.5 Å². The predicted octanol–water partition coefficient (Wildman–Crippen LogP) is 6.80. The second-order valence-electron chi connectivity index (χ2n) is 8.48. The van der Waals surface area contributed by atoms with Crippen LogP contribution in [0.5, 0.6) is 0 Å². The number of fused-ring (bicyclic) bond motifs is 1. The lowest BCUT2D eigenvalue weighted by atomic mass is 10.00. The fourth-order valence-electron chi connectivity index (χ4n) is 4.16. The summed E-state index contributed by atoms with van der Waals surface area (Å²) in [4.78, 5) is 28.2. The van der Waals surface area contributed by atoms with Gasteiger partial charge in [0, 0.05) is 19.5 Å². The van der Waals surface area contributed by atoms with Crippen LogP contribution in [0.15, 0.2) is 60.7 Å². The van der Waals surface area contributed by atoms with E-state index in [4.69, 9.17) is 23.2 Å². The monoisotopic (exact) mass is 498 g/mol. The lowest BCUT2D eigenvalue weighted by Crippen LogP contribution is -2.49. The number of aryl methyl sites for hydroxylation is 1. The smallest absolute Gasteiger partial charge is 0.242 e. The van der Waals surface area contributed by atoms with Crippen molar-refractivity contribution in [3.8, 4) is 0 Å². The fraction of sp³-hybridized carbons (Fsp3) is 0.357. The molecule has 3 aromatic rings. The van der Waals surface area contributed by atoms with Crippen LogP contribution in [0.25, 0.3) is 10.8 Å². The van der Waals surface area contributed by atoms with Crippen LogP contribution in [0.3, 0.4) is 0 Å². The van der Waals surface area contributed by atoms with Crippen LogP contribution in [-0.2, 0) is 22.6 Å². The molecule has 0 spiro atoms. The molecule has 0 radical (unpaired) electrons. The minimum atomic E-state index is -0.550. The Bertz CT molecular complexity index is 1130. The first-order valence-electron chi connectivity index (χ1n) is 11.9. The van der Waals surface area contributed by atoms with Gasteiger partial charge in [0.1, 0.15) is 6.04 Å². The number of nitrogens with one attached hydrogen (secondary N) is 1. The van der Waals surface area contributed by atoms with E-state index in [1.165, 1.54) is 0 Å². The van der Waals surface area contributed by atoms with Crippen molar-refractivity contribution in [2.24, 2.45) is 0 Å². The first-order chi connectivity index (χ1) is 16.4. The van der Waals surface area contributed by atoms with Gasteiger partial charge in [0.15, 0.2) is 0 Å². The fourth-order valence-corrected chi connectivity index (χ4v) is 4.48. The Morgan fingerprint density at radius 3 is 2.47 bits per heavy atom. The van der Waals surface area contributed by atoms with Crippen molar-refractivity contribution in [1.29, 1.82) is 0 Å². The topological polar surface area (TPSA) is 49.4 Å². The van der Waals surface area contributed by atoms with Gasteiger partial charge >= 0.3 is 0 Å². The number of hydrogen-bond acceptors (Lipinski definition) is 2. The third-order valence-electron chi connectivity index (χ3n) is 6.04. The van der Waals surface area contributed by atoms with E-state index < -0.39 is 6.04 Å². The largest absolute Gasteiger partial charge is 0.354 e. The number of halogens is 2. The summed E-state index contributed by atoms with van der Waals surface area (Å²) < 4.78 is 0. The first kappa shape index (κ1) is 26.1. The molecule has 1 N–H and O–H groups in total. The highest BCUT2D eigenvalue weighted by Crippen LogP contribution is 2.25. The van der Waals surface area contributed by atoms with E-state index in [1.54, 1.807) is 17.0 Å². The number of nitrogens with zero attached hydrogens (tertiary/aromatic N) is 1. The van der Waals surface area contributed by atoms with E-state index in [0.717, 1.165) is 34.7 Å². The molecule has 0 bridgehead atoms. The maximum Gasteiger partial charge on any atom is 0.242 e. The van der Waals surface area contributed by atoms with Gasteiger partial charge in [-0.1, -0.05) is 92.0 Å². The van der Waals surface area contributed by atoms with Gasteiger partial charge in [0.2, 0.25) is 11.8 Å². The van der Waals surface area contributed by atoms with Crippen molar-refractivity contribution in [3.05, 3.63) is 81.8 Å². The van der Waals surface area contributed by atoms with Gasteiger partial charge in [-0.2, -0.15) is 0 Å². The zero-order chi connectivity index (χ0) is 24.5. The zero-order valence-electron chi connectivity index (χ0n) is 19.8. The van der Waals surface area contributed by atoms with Gasteiger partial charge in [-0.05, 0) is 53.3 Å². The summed E-state index contributed by atoms with van der Waals surface area (Å²) in [5.74, 6) is -0.175. The minimum Gasteiger partial charge on any atom is -0.354 e. The summed E-state index contributed by atoms with van der Waals surface area (Å²) in [6.45, 7) is 4.92. The molecular weight excluding hydrogens is 467 g/mol. The summed E-state index contributed by atoms with van der Waals surface area (Å²) in [6, 6.07) is 19.1. The van der Waals surface area contributed by atoms with E-state index in [9.17, 15) is 9.59 Å². The Hall–Kier alpha value is -2.56. The third-order valence-corrected chi connectivity index (χ3v) is 6.78. The molecule has 0 saturated heterocycles. The average Bonchev–Trinajstić information content (AvgIpc) is 2.84. The van der Waals surface area contributed by atoms with Gasteiger partial charge in [0.25, 0.3) is 0 Å². The van der Waals surface area contributed by atoms with Crippen molar-refractivity contribution in [1.82, 2.24) is 10.2 Å². The highest BCUT2D eigenvalue weighted by Gasteiger charge is 2.28. The second kappa shape index (κ2) is 12.8. The molecule has 0 aliphatic heterocycles. The maximum atomic E-state index is 13.5. The first-order valence-corrected chi connectivity index (χ1v) is 12.7. The van der Waals surface area contributed by atoms with Crippen molar-refractivity contribution >= 4 is 45.8 Å². The average molecular weight is 499 g/mol. The second-order valence-corrected chi connectivity index (χ2v) is 9.29. The van der Waals surface area contributed by atoms with Crippen LogP contribution in [0.4, 0.5) is 0 Å². The number of benzene rings is 3. The molecule has 4 nitrogen and oxygen atoms in total. The van der Waals surface area contributed by atoms with Crippen molar-refractivity contribution in [2.75, 3.05) is 6.54 Å². The number of carbonyl (C=O) groups excluding carboxylic acids is 2. The number of carbonyl (C=O) groups is 2. The summed E-state index contributed by atoms with van der Waals surface area (Å²) in [6.07, 6.45) is 3.34. The maximum absolute atomic E-state index is 13.5. The molecule has 3 aromatic carbocycles. The summed E-state index contributed by atoms with van der Waals surface area (Å²) in [7, 11) is 0. The molecule has 0 aromatic heterocycles. The van der Waals surface area contributed by atoms with Crippen molar-refractivity contribution in [2.45, 2.75) is 58.5 Å².